The second-order valence-corrected chi connectivity index (χ2v) is 8.98. The minimum Gasteiger partial charge on any atom is -0.368 e. The highest BCUT2D eigenvalue weighted by Gasteiger charge is 2.47. The van der Waals surface area contributed by atoms with Gasteiger partial charge in [0.2, 0.25) is 5.91 Å². The van der Waals surface area contributed by atoms with E-state index < -0.39 is 0 Å². The molecular weight excluding hydrogens is 288 g/mol. The number of nitrogens with one attached hydrogen (secondary N) is 1. The van der Waals surface area contributed by atoms with Crippen LogP contribution in [0.3, 0.4) is 0 Å². The fourth-order valence-electron chi connectivity index (χ4n) is 4.84. The van der Waals surface area contributed by atoms with Gasteiger partial charge in [-0.15, -0.1) is 0 Å². The quantitative estimate of drug-likeness (QED) is 0.868. The van der Waals surface area contributed by atoms with Crippen molar-refractivity contribution in [3.05, 3.63) is 0 Å². The summed E-state index contributed by atoms with van der Waals surface area (Å²) in [6.45, 7) is 10.7. The van der Waals surface area contributed by atoms with Crippen LogP contribution < -0.4 is 5.32 Å². The number of nitrogens with zero attached hydrogens (tertiary/aromatic N) is 1. The lowest BCUT2D eigenvalue weighted by atomic mass is 9.93. The number of likely N-dealkylation sites (tertiary alicyclic amines) is 1. The van der Waals surface area contributed by atoms with Crippen LogP contribution in [-0.2, 0) is 9.53 Å². The van der Waals surface area contributed by atoms with E-state index in [2.05, 4.69) is 37.9 Å². The molecule has 2 aliphatic heterocycles. The minimum atomic E-state index is -0.127. The molecule has 132 valence electrons. The largest absolute Gasteiger partial charge is 0.368 e. The predicted molar refractivity (Wildman–Crippen MR) is 92.3 cm³/mol. The van der Waals surface area contributed by atoms with Crippen LogP contribution in [0.15, 0.2) is 0 Å². The van der Waals surface area contributed by atoms with Crippen LogP contribution in [0.2, 0.25) is 0 Å². The summed E-state index contributed by atoms with van der Waals surface area (Å²) in [5, 5.41) is 3.82. The molecule has 0 bridgehead atoms. The minimum absolute atomic E-state index is 0.0528. The molecule has 0 spiro atoms. The summed E-state index contributed by atoms with van der Waals surface area (Å²) < 4.78 is 6.19. The van der Waals surface area contributed by atoms with Gasteiger partial charge in [-0.3, -0.25) is 4.79 Å². The van der Waals surface area contributed by atoms with Crippen LogP contribution in [0.5, 0.6) is 0 Å². The van der Waals surface area contributed by atoms with Crippen molar-refractivity contribution in [2.45, 2.75) is 95.9 Å². The highest BCUT2D eigenvalue weighted by Crippen LogP contribution is 2.39. The van der Waals surface area contributed by atoms with Crippen molar-refractivity contribution in [2.24, 2.45) is 5.92 Å². The average Bonchev–Trinajstić information content (AvgIpc) is 3.01. The van der Waals surface area contributed by atoms with Crippen LogP contribution in [-0.4, -0.2) is 47.2 Å². The molecule has 4 heteroatoms. The number of carbonyl (C=O) groups is 1. The number of ether oxygens (including phenoxy) is 1. The van der Waals surface area contributed by atoms with Gasteiger partial charge >= 0.3 is 0 Å². The molecule has 0 radical (unpaired) electrons. The Kier molecular flexibility index (Phi) is 4.76. The lowest BCUT2D eigenvalue weighted by Crippen LogP contribution is -2.47. The van der Waals surface area contributed by atoms with E-state index in [9.17, 15) is 4.79 Å². The Labute approximate surface area is 141 Å². The third kappa shape index (κ3) is 3.90. The van der Waals surface area contributed by atoms with E-state index in [0.717, 1.165) is 38.8 Å². The first-order valence-electron chi connectivity index (χ1n) is 9.52. The van der Waals surface area contributed by atoms with E-state index >= 15 is 0 Å². The van der Waals surface area contributed by atoms with Crippen LogP contribution in [0, 0.1) is 5.92 Å². The Balaban J connectivity index is 1.53. The summed E-state index contributed by atoms with van der Waals surface area (Å²) in [6, 6.07) is 0.849. The van der Waals surface area contributed by atoms with Gasteiger partial charge in [-0.2, -0.15) is 0 Å². The van der Waals surface area contributed by atoms with E-state index in [1.165, 1.54) is 19.3 Å². The Morgan fingerprint density at radius 2 is 1.78 bits per heavy atom. The maximum Gasteiger partial charge on any atom is 0.225 e. The van der Waals surface area contributed by atoms with Gasteiger partial charge in [0.1, 0.15) is 0 Å². The zero-order valence-corrected chi connectivity index (χ0v) is 15.4. The fraction of sp³-hybridized carbons (Fsp3) is 0.947. The third-order valence-corrected chi connectivity index (χ3v) is 5.96. The van der Waals surface area contributed by atoms with Gasteiger partial charge in [-0.25, -0.2) is 0 Å². The Morgan fingerprint density at radius 3 is 2.39 bits per heavy atom. The van der Waals surface area contributed by atoms with Crippen LogP contribution >= 0.6 is 0 Å². The molecule has 3 aliphatic rings. The molecule has 4 nitrogen and oxygen atoms in total. The fourth-order valence-corrected chi connectivity index (χ4v) is 4.84. The van der Waals surface area contributed by atoms with Gasteiger partial charge < -0.3 is 15.0 Å². The summed E-state index contributed by atoms with van der Waals surface area (Å²) >= 11 is 0. The van der Waals surface area contributed by atoms with Crippen molar-refractivity contribution in [1.29, 1.82) is 0 Å². The highest BCUT2D eigenvalue weighted by molar-refractivity contribution is 5.79. The standard InChI is InChI=1S/C19H34N2O2/c1-18(2)13-16(19(3,4)23-18)20-15-9-8-14(12-15)17(22)21-10-6-5-7-11-21/h14-16,20H,5-13H2,1-4H3/t14-,15+,16?/m1/s1. The van der Waals surface area contributed by atoms with Crippen molar-refractivity contribution in [2.75, 3.05) is 13.1 Å². The van der Waals surface area contributed by atoms with Crippen molar-refractivity contribution in [1.82, 2.24) is 10.2 Å². The van der Waals surface area contributed by atoms with Crippen molar-refractivity contribution in [3.8, 4) is 0 Å². The number of piperidine rings is 1. The van der Waals surface area contributed by atoms with Gasteiger partial charge in [0, 0.05) is 31.1 Å². The molecule has 0 aromatic heterocycles. The van der Waals surface area contributed by atoms with Crippen LogP contribution in [0.4, 0.5) is 0 Å². The van der Waals surface area contributed by atoms with E-state index in [0.29, 0.717) is 18.0 Å². The lowest BCUT2D eigenvalue weighted by Gasteiger charge is -2.31. The lowest BCUT2D eigenvalue weighted by molar-refractivity contribution is -0.136. The van der Waals surface area contributed by atoms with Gasteiger partial charge in [0.15, 0.2) is 0 Å². The first-order chi connectivity index (χ1) is 10.8. The summed E-state index contributed by atoms with van der Waals surface area (Å²) in [5.41, 5.74) is -0.179. The summed E-state index contributed by atoms with van der Waals surface area (Å²) in [4.78, 5) is 14.8. The Bertz CT molecular complexity index is 441. The normalized spacial score (nSPS) is 36.3. The third-order valence-electron chi connectivity index (χ3n) is 5.96. The molecule has 0 aromatic carbocycles. The van der Waals surface area contributed by atoms with E-state index in [4.69, 9.17) is 4.74 Å². The molecule has 3 atom stereocenters. The second-order valence-electron chi connectivity index (χ2n) is 8.98. The number of hydrogen-bond acceptors (Lipinski definition) is 3. The first kappa shape index (κ1) is 17.2. The zero-order chi connectivity index (χ0) is 16.7. The van der Waals surface area contributed by atoms with E-state index in [-0.39, 0.29) is 17.1 Å². The number of rotatable bonds is 3. The monoisotopic (exact) mass is 322 g/mol. The molecule has 3 rings (SSSR count). The van der Waals surface area contributed by atoms with Gasteiger partial charge in [-0.05, 0) is 72.6 Å². The predicted octanol–water partition coefficient (Wildman–Crippen LogP) is 3.10. The zero-order valence-electron chi connectivity index (χ0n) is 15.4. The maximum absolute atomic E-state index is 12.7. The molecule has 0 aromatic rings. The molecule has 1 unspecified atom stereocenters. The van der Waals surface area contributed by atoms with Crippen molar-refractivity contribution in [3.63, 3.8) is 0 Å². The molecule has 2 saturated heterocycles. The van der Waals surface area contributed by atoms with Gasteiger partial charge in [0.05, 0.1) is 11.2 Å². The van der Waals surface area contributed by atoms with Crippen molar-refractivity contribution >= 4 is 5.91 Å². The molecule has 1 amide bonds. The number of hydrogen-bond donors (Lipinski definition) is 1. The molecule has 1 saturated carbocycles. The first-order valence-corrected chi connectivity index (χ1v) is 9.52. The maximum atomic E-state index is 12.7. The average molecular weight is 322 g/mol. The number of carbonyl (C=O) groups excluding carboxylic acids is 1. The SMILES string of the molecule is CC1(C)CC(N[C@H]2CC[C@@H](C(=O)N3CCCCC3)C2)C(C)(C)O1. The summed E-state index contributed by atoms with van der Waals surface area (Å²) in [7, 11) is 0. The molecule has 2 heterocycles. The Hall–Kier alpha value is -0.610. The van der Waals surface area contributed by atoms with E-state index in [1.54, 1.807) is 0 Å². The smallest absolute Gasteiger partial charge is 0.225 e. The Morgan fingerprint density at radius 1 is 1.09 bits per heavy atom. The molecule has 1 N–H and O–H groups in total. The van der Waals surface area contributed by atoms with Crippen LogP contribution in [0.25, 0.3) is 0 Å². The molecule has 23 heavy (non-hydrogen) atoms. The van der Waals surface area contributed by atoms with Crippen LogP contribution in [0.1, 0.15) is 72.6 Å². The summed E-state index contributed by atoms with van der Waals surface area (Å²) in [6.07, 6.45) is 7.86. The molecule has 3 fully saturated rings. The summed E-state index contributed by atoms with van der Waals surface area (Å²) in [5.74, 6) is 0.653. The van der Waals surface area contributed by atoms with Crippen molar-refractivity contribution < 1.29 is 9.53 Å². The second kappa shape index (κ2) is 6.36. The topological polar surface area (TPSA) is 41.6 Å². The van der Waals surface area contributed by atoms with Gasteiger partial charge in [0.25, 0.3) is 0 Å². The van der Waals surface area contributed by atoms with E-state index in [1.807, 2.05) is 0 Å². The number of amides is 1. The molecular formula is C19H34N2O2. The highest BCUT2D eigenvalue weighted by atomic mass is 16.5. The van der Waals surface area contributed by atoms with Gasteiger partial charge in [-0.1, -0.05) is 0 Å². The molecule has 1 aliphatic carbocycles.